The predicted octanol–water partition coefficient (Wildman–Crippen LogP) is 2.86. The molecule has 1 aliphatic heterocycles. The molecular formula is C14H20BrNO2. The first kappa shape index (κ1) is 13.8. The van der Waals surface area contributed by atoms with Crippen molar-refractivity contribution in [3.05, 3.63) is 28.2 Å². The molecule has 0 aliphatic carbocycles. The lowest BCUT2D eigenvalue weighted by atomic mass is 10.2. The standard InChI is InChI=1S/C14H20BrNO2/c1-3-16-6-7-17-13(9-16)10-18-14-8-12(15)5-4-11(14)2/h4-5,8,13H,3,6-7,9-10H2,1-2H3. The molecule has 1 heterocycles. The molecule has 0 radical (unpaired) electrons. The molecule has 1 unspecified atom stereocenters. The van der Waals surface area contributed by atoms with Crippen LogP contribution in [0.5, 0.6) is 5.75 Å². The third-order valence-corrected chi connectivity index (χ3v) is 3.74. The number of nitrogens with zero attached hydrogens (tertiary/aromatic N) is 1. The minimum Gasteiger partial charge on any atom is -0.491 e. The maximum Gasteiger partial charge on any atom is 0.123 e. The van der Waals surface area contributed by atoms with Crippen LogP contribution in [0, 0.1) is 6.92 Å². The van der Waals surface area contributed by atoms with Gasteiger partial charge in [0.15, 0.2) is 0 Å². The molecule has 0 N–H and O–H groups in total. The summed E-state index contributed by atoms with van der Waals surface area (Å²) in [5.41, 5.74) is 1.15. The van der Waals surface area contributed by atoms with E-state index in [4.69, 9.17) is 9.47 Å². The highest BCUT2D eigenvalue weighted by Gasteiger charge is 2.19. The Hall–Kier alpha value is -0.580. The van der Waals surface area contributed by atoms with Crippen molar-refractivity contribution in [3.8, 4) is 5.75 Å². The number of rotatable bonds is 4. The Morgan fingerprint density at radius 3 is 3.11 bits per heavy atom. The summed E-state index contributed by atoms with van der Waals surface area (Å²) in [4.78, 5) is 2.39. The highest BCUT2D eigenvalue weighted by Crippen LogP contribution is 2.23. The summed E-state index contributed by atoms with van der Waals surface area (Å²) < 4.78 is 12.6. The fourth-order valence-electron chi connectivity index (χ4n) is 2.08. The largest absolute Gasteiger partial charge is 0.491 e. The lowest BCUT2D eigenvalue weighted by molar-refractivity contribution is -0.0464. The molecule has 0 amide bonds. The van der Waals surface area contributed by atoms with E-state index in [0.29, 0.717) is 6.61 Å². The van der Waals surface area contributed by atoms with Crippen LogP contribution in [0.25, 0.3) is 0 Å². The van der Waals surface area contributed by atoms with Gasteiger partial charge in [0.2, 0.25) is 0 Å². The van der Waals surface area contributed by atoms with E-state index in [0.717, 1.165) is 42.0 Å². The molecular weight excluding hydrogens is 294 g/mol. The summed E-state index contributed by atoms with van der Waals surface area (Å²) in [6, 6.07) is 6.09. The second-order valence-electron chi connectivity index (χ2n) is 4.61. The third-order valence-electron chi connectivity index (χ3n) is 3.25. The summed E-state index contributed by atoms with van der Waals surface area (Å²) in [6.45, 7) is 8.74. The zero-order valence-corrected chi connectivity index (χ0v) is 12.6. The van der Waals surface area contributed by atoms with E-state index >= 15 is 0 Å². The topological polar surface area (TPSA) is 21.7 Å². The zero-order valence-electron chi connectivity index (χ0n) is 11.0. The molecule has 2 rings (SSSR count). The number of ether oxygens (including phenoxy) is 2. The zero-order chi connectivity index (χ0) is 13.0. The summed E-state index contributed by atoms with van der Waals surface area (Å²) in [7, 11) is 0. The SMILES string of the molecule is CCN1CCOC(COc2cc(Br)ccc2C)C1. The van der Waals surface area contributed by atoms with E-state index in [1.165, 1.54) is 0 Å². The van der Waals surface area contributed by atoms with Gasteiger partial charge >= 0.3 is 0 Å². The maximum atomic E-state index is 5.87. The van der Waals surface area contributed by atoms with E-state index < -0.39 is 0 Å². The molecule has 0 spiro atoms. The second-order valence-corrected chi connectivity index (χ2v) is 5.52. The lowest BCUT2D eigenvalue weighted by Crippen LogP contribution is -2.44. The number of hydrogen-bond acceptors (Lipinski definition) is 3. The van der Waals surface area contributed by atoms with Gasteiger partial charge in [0, 0.05) is 17.6 Å². The second kappa shape index (κ2) is 6.55. The van der Waals surface area contributed by atoms with Gasteiger partial charge in [-0.05, 0) is 31.2 Å². The van der Waals surface area contributed by atoms with Crippen LogP contribution in [0.2, 0.25) is 0 Å². The Balaban J connectivity index is 1.89. The number of likely N-dealkylation sites (N-methyl/N-ethyl adjacent to an activating group) is 1. The molecule has 1 aliphatic rings. The van der Waals surface area contributed by atoms with E-state index in [-0.39, 0.29) is 6.10 Å². The van der Waals surface area contributed by atoms with E-state index in [1.54, 1.807) is 0 Å². The fourth-order valence-corrected chi connectivity index (χ4v) is 2.42. The summed E-state index contributed by atoms with van der Waals surface area (Å²) in [5, 5.41) is 0. The number of halogens is 1. The third kappa shape index (κ3) is 3.70. The first-order valence-corrected chi connectivity index (χ1v) is 7.21. The minimum absolute atomic E-state index is 0.178. The average molecular weight is 314 g/mol. The summed E-state index contributed by atoms with van der Waals surface area (Å²) >= 11 is 3.46. The quantitative estimate of drug-likeness (QED) is 0.853. The van der Waals surface area contributed by atoms with Gasteiger partial charge in [-0.1, -0.05) is 28.9 Å². The van der Waals surface area contributed by atoms with Crippen molar-refractivity contribution >= 4 is 15.9 Å². The van der Waals surface area contributed by atoms with E-state index in [1.807, 2.05) is 12.1 Å². The molecule has 1 aromatic carbocycles. The monoisotopic (exact) mass is 313 g/mol. The van der Waals surface area contributed by atoms with Crippen LogP contribution in [0.3, 0.4) is 0 Å². The van der Waals surface area contributed by atoms with Crippen LogP contribution in [-0.2, 0) is 4.74 Å². The minimum atomic E-state index is 0.178. The Morgan fingerprint density at radius 2 is 2.33 bits per heavy atom. The summed E-state index contributed by atoms with van der Waals surface area (Å²) in [5.74, 6) is 0.932. The summed E-state index contributed by atoms with van der Waals surface area (Å²) in [6.07, 6.45) is 0.178. The molecule has 0 aromatic heterocycles. The van der Waals surface area contributed by atoms with Gasteiger partial charge in [-0.25, -0.2) is 0 Å². The van der Waals surface area contributed by atoms with Crippen LogP contribution >= 0.6 is 15.9 Å². The van der Waals surface area contributed by atoms with Gasteiger partial charge in [0.25, 0.3) is 0 Å². The Morgan fingerprint density at radius 1 is 1.50 bits per heavy atom. The van der Waals surface area contributed by atoms with Crippen molar-refractivity contribution in [1.82, 2.24) is 4.90 Å². The van der Waals surface area contributed by atoms with Gasteiger partial charge in [-0.2, -0.15) is 0 Å². The van der Waals surface area contributed by atoms with Crippen molar-refractivity contribution < 1.29 is 9.47 Å². The number of benzene rings is 1. The van der Waals surface area contributed by atoms with Crippen LogP contribution in [-0.4, -0.2) is 43.9 Å². The molecule has 18 heavy (non-hydrogen) atoms. The van der Waals surface area contributed by atoms with Crippen molar-refractivity contribution in [3.63, 3.8) is 0 Å². The van der Waals surface area contributed by atoms with Crippen molar-refractivity contribution in [1.29, 1.82) is 0 Å². The van der Waals surface area contributed by atoms with Crippen LogP contribution in [0.15, 0.2) is 22.7 Å². The fraction of sp³-hybridized carbons (Fsp3) is 0.571. The molecule has 1 aromatic rings. The first-order chi connectivity index (χ1) is 8.69. The molecule has 0 bridgehead atoms. The lowest BCUT2D eigenvalue weighted by Gasteiger charge is -2.32. The number of hydrogen-bond donors (Lipinski definition) is 0. The van der Waals surface area contributed by atoms with Crippen LogP contribution < -0.4 is 4.74 Å². The highest BCUT2D eigenvalue weighted by atomic mass is 79.9. The van der Waals surface area contributed by atoms with E-state index in [2.05, 4.69) is 40.7 Å². The van der Waals surface area contributed by atoms with Crippen molar-refractivity contribution in [2.45, 2.75) is 20.0 Å². The molecule has 1 saturated heterocycles. The van der Waals surface area contributed by atoms with Crippen molar-refractivity contribution in [2.75, 3.05) is 32.8 Å². The molecule has 1 fully saturated rings. The van der Waals surface area contributed by atoms with E-state index in [9.17, 15) is 0 Å². The van der Waals surface area contributed by atoms with Gasteiger partial charge in [-0.15, -0.1) is 0 Å². The molecule has 1 atom stereocenters. The number of morpholine rings is 1. The Kier molecular flexibility index (Phi) is 5.03. The molecule has 4 heteroatoms. The van der Waals surface area contributed by atoms with Gasteiger partial charge in [0.05, 0.1) is 6.61 Å². The Labute approximate surface area is 117 Å². The highest BCUT2D eigenvalue weighted by molar-refractivity contribution is 9.10. The normalized spacial score (nSPS) is 20.9. The van der Waals surface area contributed by atoms with Gasteiger partial charge in [0.1, 0.15) is 18.5 Å². The van der Waals surface area contributed by atoms with Crippen molar-refractivity contribution in [2.24, 2.45) is 0 Å². The van der Waals surface area contributed by atoms with Gasteiger partial charge in [-0.3, -0.25) is 4.90 Å². The number of aryl methyl sites for hydroxylation is 1. The van der Waals surface area contributed by atoms with Crippen LogP contribution in [0.1, 0.15) is 12.5 Å². The predicted molar refractivity (Wildman–Crippen MR) is 76.2 cm³/mol. The molecule has 100 valence electrons. The smallest absolute Gasteiger partial charge is 0.123 e. The first-order valence-electron chi connectivity index (χ1n) is 6.42. The molecule has 0 saturated carbocycles. The van der Waals surface area contributed by atoms with Gasteiger partial charge < -0.3 is 9.47 Å². The molecule has 3 nitrogen and oxygen atoms in total. The average Bonchev–Trinajstić information content (AvgIpc) is 2.40. The Bertz CT molecular complexity index is 397. The van der Waals surface area contributed by atoms with Crippen LogP contribution in [0.4, 0.5) is 0 Å². The maximum absolute atomic E-state index is 5.87.